The van der Waals surface area contributed by atoms with Gasteiger partial charge in [-0.25, -0.2) is 0 Å². The molecule has 2 rings (SSSR count). The first-order valence-electron chi connectivity index (χ1n) is 9.22. The lowest BCUT2D eigenvalue weighted by molar-refractivity contribution is -0.383. The molecule has 2 aromatic rings. The van der Waals surface area contributed by atoms with Gasteiger partial charge >= 0.3 is 0 Å². The minimum Gasteiger partial charge on any atom is -0.319 e. The molecular weight excluding hydrogens is 342 g/mol. The fourth-order valence-electron chi connectivity index (χ4n) is 2.96. The Morgan fingerprint density at radius 1 is 1.07 bits per heavy atom. The van der Waals surface area contributed by atoms with Crippen LogP contribution in [0.4, 0.5) is 11.4 Å². The number of nitrogens with one attached hydrogen (secondary N) is 2. The van der Waals surface area contributed by atoms with Crippen molar-refractivity contribution < 1.29 is 9.72 Å². The highest BCUT2D eigenvalue weighted by Crippen LogP contribution is 2.25. The molecule has 0 heterocycles. The number of nitro groups is 1. The predicted molar refractivity (Wildman–Crippen MR) is 108 cm³/mol. The number of amides is 1. The summed E-state index contributed by atoms with van der Waals surface area (Å²) in [7, 11) is 0. The maximum absolute atomic E-state index is 12.6. The zero-order valence-corrected chi connectivity index (χ0v) is 16.2. The Balaban J connectivity index is 2.11. The molecule has 6 heteroatoms. The van der Waals surface area contributed by atoms with Gasteiger partial charge in [0.05, 0.1) is 11.0 Å². The van der Waals surface area contributed by atoms with Gasteiger partial charge in [-0.1, -0.05) is 57.2 Å². The fraction of sp³-hybridized carbons (Fsp3) is 0.381. The summed E-state index contributed by atoms with van der Waals surface area (Å²) in [6, 6.07) is 14.0. The second kappa shape index (κ2) is 9.28. The van der Waals surface area contributed by atoms with E-state index in [1.165, 1.54) is 17.7 Å². The smallest absolute Gasteiger partial charge is 0.292 e. The van der Waals surface area contributed by atoms with Crippen LogP contribution in [-0.4, -0.2) is 16.9 Å². The van der Waals surface area contributed by atoms with E-state index in [0.717, 1.165) is 12.0 Å². The van der Waals surface area contributed by atoms with Crippen molar-refractivity contribution in [3.8, 4) is 0 Å². The van der Waals surface area contributed by atoms with Crippen LogP contribution in [0.2, 0.25) is 0 Å². The third kappa shape index (κ3) is 5.37. The van der Waals surface area contributed by atoms with E-state index in [9.17, 15) is 14.9 Å². The van der Waals surface area contributed by atoms with E-state index in [1.54, 1.807) is 19.1 Å². The van der Waals surface area contributed by atoms with E-state index in [2.05, 4.69) is 55.7 Å². The molecule has 0 unspecified atom stereocenters. The van der Waals surface area contributed by atoms with Gasteiger partial charge in [0.25, 0.3) is 5.69 Å². The van der Waals surface area contributed by atoms with Crippen LogP contribution in [-0.2, 0) is 11.2 Å². The van der Waals surface area contributed by atoms with E-state index in [0.29, 0.717) is 0 Å². The number of nitro benzene ring substituents is 1. The van der Waals surface area contributed by atoms with Gasteiger partial charge in [-0.15, -0.1) is 0 Å². The lowest BCUT2D eigenvalue weighted by Gasteiger charge is -2.26. The van der Waals surface area contributed by atoms with Crippen molar-refractivity contribution in [1.82, 2.24) is 5.32 Å². The van der Waals surface area contributed by atoms with Crippen LogP contribution in [0.25, 0.3) is 0 Å². The molecule has 0 aliphatic carbocycles. The molecule has 0 radical (unpaired) electrons. The van der Waals surface area contributed by atoms with E-state index in [-0.39, 0.29) is 29.2 Å². The van der Waals surface area contributed by atoms with Crippen molar-refractivity contribution in [2.24, 2.45) is 5.92 Å². The number of benzene rings is 2. The van der Waals surface area contributed by atoms with Crippen molar-refractivity contribution in [2.45, 2.75) is 46.2 Å². The largest absolute Gasteiger partial charge is 0.319 e. The van der Waals surface area contributed by atoms with E-state index in [4.69, 9.17) is 0 Å². The zero-order valence-electron chi connectivity index (χ0n) is 16.2. The molecule has 2 N–H and O–H groups in total. The molecule has 6 nitrogen and oxygen atoms in total. The highest BCUT2D eigenvalue weighted by Gasteiger charge is 2.23. The van der Waals surface area contributed by atoms with Crippen molar-refractivity contribution in [1.29, 1.82) is 0 Å². The second-order valence-corrected chi connectivity index (χ2v) is 6.97. The molecule has 0 aliphatic heterocycles. The van der Waals surface area contributed by atoms with Crippen LogP contribution in [0.5, 0.6) is 0 Å². The normalized spacial score (nSPS) is 13.2. The van der Waals surface area contributed by atoms with Crippen LogP contribution in [0.3, 0.4) is 0 Å². The average molecular weight is 369 g/mol. The molecule has 144 valence electrons. The maximum atomic E-state index is 12.6. The summed E-state index contributed by atoms with van der Waals surface area (Å²) >= 11 is 0. The molecule has 0 saturated carbocycles. The van der Waals surface area contributed by atoms with Gasteiger partial charge in [0.2, 0.25) is 5.91 Å². The number of nitrogens with zero attached hydrogens (tertiary/aromatic N) is 1. The van der Waals surface area contributed by atoms with Gasteiger partial charge in [-0.05, 0) is 36.5 Å². The Hall–Kier alpha value is -2.73. The SMILES string of the molecule is CCc1ccc([C@@H](N[C@H](C)C(=O)Nc2ccccc2[N+](=O)[O-])C(C)C)cc1. The Kier molecular flexibility index (Phi) is 7.07. The van der Waals surface area contributed by atoms with Crippen LogP contribution < -0.4 is 10.6 Å². The van der Waals surface area contributed by atoms with Crippen molar-refractivity contribution in [3.63, 3.8) is 0 Å². The quantitative estimate of drug-likeness (QED) is 0.531. The van der Waals surface area contributed by atoms with Gasteiger partial charge in [-0.3, -0.25) is 20.2 Å². The second-order valence-electron chi connectivity index (χ2n) is 6.97. The Labute approximate surface area is 160 Å². The lowest BCUT2D eigenvalue weighted by Crippen LogP contribution is -2.41. The number of para-hydroxylation sites is 2. The molecule has 0 spiro atoms. The maximum Gasteiger partial charge on any atom is 0.292 e. The van der Waals surface area contributed by atoms with Crippen LogP contribution >= 0.6 is 0 Å². The first-order chi connectivity index (χ1) is 12.8. The summed E-state index contributed by atoms with van der Waals surface area (Å²) in [5.41, 5.74) is 2.47. The molecule has 27 heavy (non-hydrogen) atoms. The number of carbonyl (C=O) groups is 1. The van der Waals surface area contributed by atoms with E-state index >= 15 is 0 Å². The van der Waals surface area contributed by atoms with Gasteiger partial charge < -0.3 is 5.32 Å². The fourth-order valence-corrected chi connectivity index (χ4v) is 2.96. The third-order valence-electron chi connectivity index (χ3n) is 4.60. The highest BCUT2D eigenvalue weighted by molar-refractivity contribution is 5.96. The lowest BCUT2D eigenvalue weighted by atomic mass is 9.94. The summed E-state index contributed by atoms with van der Waals surface area (Å²) in [5.74, 6) is -0.0288. The van der Waals surface area contributed by atoms with E-state index < -0.39 is 11.0 Å². The molecule has 2 atom stereocenters. The molecule has 0 aliphatic rings. The summed E-state index contributed by atoms with van der Waals surface area (Å²) < 4.78 is 0. The molecule has 0 bridgehead atoms. The topological polar surface area (TPSA) is 84.3 Å². The van der Waals surface area contributed by atoms with Crippen molar-refractivity contribution in [2.75, 3.05) is 5.32 Å². The van der Waals surface area contributed by atoms with Crippen molar-refractivity contribution in [3.05, 3.63) is 69.8 Å². The summed E-state index contributed by atoms with van der Waals surface area (Å²) in [6.07, 6.45) is 0.981. The predicted octanol–water partition coefficient (Wildman–Crippen LogP) is 4.47. The molecule has 0 aromatic heterocycles. The number of carbonyl (C=O) groups excluding carboxylic acids is 1. The first kappa shape index (κ1) is 20.6. The Bertz CT molecular complexity index is 788. The zero-order chi connectivity index (χ0) is 20.0. The number of anilines is 1. The monoisotopic (exact) mass is 369 g/mol. The molecular formula is C21H27N3O3. The average Bonchev–Trinajstić information content (AvgIpc) is 2.66. The van der Waals surface area contributed by atoms with Gasteiger partial charge in [0, 0.05) is 12.1 Å². The summed E-state index contributed by atoms with van der Waals surface area (Å²) in [5, 5.41) is 17.1. The molecule has 2 aromatic carbocycles. The van der Waals surface area contributed by atoms with Crippen LogP contribution in [0, 0.1) is 16.0 Å². The molecule has 0 fully saturated rings. The standard InChI is InChI=1S/C21H27N3O3/c1-5-16-10-12-17(13-11-16)20(14(2)3)22-15(4)21(25)23-18-8-6-7-9-19(18)24(26)27/h6-15,20,22H,5H2,1-4H3,(H,23,25)/t15-,20+/m1/s1. The highest BCUT2D eigenvalue weighted by atomic mass is 16.6. The van der Waals surface area contributed by atoms with Crippen LogP contribution in [0.1, 0.15) is 44.9 Å². The molecule has 1 amide bonds. The van der Waals surface area contributed by atoms with E-state index in [1.807, 2.05) is 0 Å². The Morgan fingerprint density at radius 3 is 2.26 bits per heavy atom. The third-order valence-corrected chi connectivity index (χ3v) is 4.60. The number of hydrogen-bond donors (Lipinski definition) is 2. The Morgan fingerprint density at radius 2 is 1.70 bits per heavy atom. The minimum absolute atomic E-state index is 0.00224. The van der Waals surface area contributed by atoms with Crippen molar-refractivity contribution >= 4 is 17.3 Å². The first-order valence-corrected chi connectivity index (χ1v) is 9.22. The van der Waals surface area contributed by atoms with Crippen LogP contribution in [0.15, 0.2) is 48.5 Å². The summed E-state index contributed by atoms with van der Waals surface area (Å²) in [6.45, 7) is 8.07. The van der Waals surface area contributed by atoms with Gasteiger partial charge in [0.15, 0.2) is 0 Å². The van der Waals surface area contributed by atoms with Gasteiger partial charge in [-0.2, -0.15) is 0 Å². The number of aryl methyl sites for hydroxylation is 1. The van der Waals surface area contributed by atoms with Gasteiger partial charge in [0.1, 0.15) is 5.69 Å². The number of hydrogen-bond acceptors (Lipinski definition) is 4. The number of rotatable bonds is 8. The summed E-state index contributed by atoms with van der Waals surface area (Å²) in [4.78, 5) is 23.2. The minimum atomic E-state index is -0.511. The molecule has 0 saturated heterocycles.